The van der Waals surface area contributed by atoms with Gasteiger partial charge in [0.1, 0.15) is 15.8 Å². The van der Waals surface area contributed by atoms with Crippen molar-refractivity contribution in [3.8, 4) is 0 Å². The summed E-state index contributed by atoms with van der Waals surface area (Å²) < 4.78 is 132. The molecule has 0 spiro atoms. The van der Waals surface area contributed by atoms with Crippen molar-refractivity contribution < 1.29 is 58.3 Å². The van der Waals surface area contributed by atoms with E-state index in [1.807, 2.05) is 5.32 Å². The molecule has 0 saturated heterocycles. The van der Waals surface area contributed by atoms with E-state index >= 15 is 0 Å². The molecule has 3 amide bonds. The van der Waals surface area contributed by atoms with Crippen LogP contribution in [-0.2, 0) is 21.9 Å². The lowest BCUT2D eigenvalue weighted by molar-refractivity contribution is -0.143. The topological polar surface area (TPSA) is 87.3 Å². The van der Waals surface area contributed by atoms with Gasteiger partial charge in [0.05, 0.1) is 39.0 Å². The van der Waals surface area contributed by atoms with Gasteiger partial charge in [0.15, 0.2) is 5.82 Å². The summed E-state index contributed by atoms with van der Waals surface area (Å²) in [7, 11) is 0. The first kappa shape index (κ1) is 35.1. The second-order valence-corrected chi connectivity index (χ2v) is 11.5. The molecule has 1 fully saturated rings. The number of carbonyl (C=O) groups is 3. The van der Waals surface area contributed by atoms with Gasteiger partial charge in [0, 0.05) is 5.92 Å². The predicted molar refractivity (Wildman–Crippen MR) is 146 cm³/mol. The molecular weight excluding hydrogens is 711 g/mol. The van der Waals surface area contributed by atoms with Crippen molar-refractivity contribution in [3.63, 3.8) is 0 Å². The van der Waals surface area contributed by atoms with Crippen LogP contribution >= 0.6 is 34.8 Å². The Balaban J connectivity index is 1.57. The average molecular weight is 725 g/mol. The van der Waals surface area contributed by atoms with Crippen molar-refractivity contribution >= 4 is 69.6 Å². The molecule has 0 aliphatic heterocycles. The number of alkyl halides is 10. The minimum absolute atomic E-state index is 0.112. The molecule has 1 aliphatic rings. The molecule has 3 N–H and O–H groups in total. The van der Waals surface area contributed by atoms with Gasteiger partial charge in [0.2, 0.25) is 5.91 Å². The van der Waals surface area contributed by atoms with Gasteiger partial charge in [-0.15, -0.1) is 23.2 Å². The maximum absolute atomic E-state index is 14.8. The zero-order chi connectivity index (χ0) is 34.5. The molecule has 3 aromatic rings. The quantitative estimate of drug-likeness (QED) is 0.169. The lowest BCUT2D eigenvalue weighted by atomic mass is 10.0. The highest BCUT2D eigenvalue weighted by Gasteiger charge is 2.68. The number of hydrogen-bond acceptors (Lipinski definition) is 3. The Morgan fingerprint density at radius 3 is 1.93 bits per heavy atom. The SMILES string of the molecule is O=C(Nc1ccc(F)c(NC(=O)C(F)F)c1F)c1cccc(NC(=O)[C@H]2[C@H](c3cc(C(F)(F)F)cc(C(F)(F)F)c3)C2(Cl)Cl)c1Cl. The Kier molecular flexibility index (Phi) is 9.50. The molecule has 0 unspecified atom stereocenters. The van der Waals surface area contributed by atoms with Crippen LogP contribution in [0.3, 0.4) is 0 Å². The molecule has 0 radical (unpaired) electrons. The van der Waals surface area contributed by atoms with Crippen LogP contribution in [0.4, 0.5) is 61.0 Å². The number of nitrogens with one attached hydrogen (secondary N) is 3. The van der Waals surface area contributed by atoms with E-state index in [2.05, 4.69) is 5.32 Å². The summed E-state index contributed by atoms with van der Waals surface area (Å²) in [5, 5.41) is 5.05. The molecule has 19 heteroatoms. The van der Waals surface area contributed by atoms with Crippen molar-refractivity contribution in [1.82, 2.24) is 0 Å². The Morgan fingerprint density at radius 1 is 0.804 bits per heavy atom. The molecule has 0 aromatic heterocycles. The van der Waals surface area contributed by atoms with Crippen molar-refractivity contribution in [2.45, 2.75) is 29.0 Å². The van der Waals surface area contributed by atoms with E-state index in [0.29, 0.717) is 24.3 Å². The first-order valence-electron chi connectivity index (χ1n) is 12.3. The van der Waals surface area contributed by atoms with E-state index in [9.17, 15) is 58.3 Å². The molecule has 0 heterocycles. The summed E-state index contributed by atoms with van der Waals surface area (Å²) >= 11 is 18.5. The highest BCUT2D eigenvalue weighted by molar-refractivity contribution is 6.53. The highest BCUT2D eigenvalue weighted by Crippen LogP contribution is 2.65. The summed E-state index contributed by atoms with van der Waals surface area (Å²) in [5.41, 5.74) is -6.79. The van der Waals surface area contributed by atoms with E-state index in [4.69, 9.17) is 34.8 Å². The molecule has 1 aliphatic carbocycles. The summed E-state index contributed by atoms with van der Waals surface area (Å²) in [6.45, 7) is 0. The van der Waals surface area contributed by atoms with Crippen molar-refractivity contribution in [2.24, 2.45) is 5.92 Å². The van der Waals surface area contributed by atoms with E-state index in [-0.39, 0.29) is 11.8 Å². The zero-order valence-corrected chi connectivity index (χ0v) is 24.3. The van der Waals surface area contributed by atoms with Gasteiger partial charge in [-0.1, -0.05) is 17.7 Å². The van der Waals surface area contributed by atoms with Gasteiger partial charge in [-0.3, -0.25) is 14.4 Å². The number of halogens is 13. The van der Waals surface area contributed by atoms with Crippen LogP contribution in [0.2, 0.25) is 5.02 Å². The third kappa shape index (κ3) is 7.13. The lowest BCUT2D eigenvalue weighted by Gasteiger charge is -2.14. The van der Waals surface area contributed by atoms with E-state index in [1.54, 1.807) is 0 Å². The number of benzene rings is 3. The van der Waals surface area contributed by atoms with Crippen LogP contribution in [0.5, 0.6) is 0 Å². The molecule has 3 aromatic carbocycles. The third-order valence-corrected chi connectivity index (χ3v) is 7.94. The molecule has 6 nitrogen and oxygen atoms in total. The van der Waals surface area contributed by atoms with E-state index in [1.165, 1.54) is 5.32 Å². The van der Waals surface area contributed by atoms with Crippen LogP contribution in [-0.4, -0.2) is 28.5 Å². The molecule has 2 atom stereocenters. The standard InChI is InChI=1S/C27H14Cl3F10N3O3/c28-18-12(22(44)42-15-5-4-13(31)20(19(15)32)43-24(46)21(33)34)2-1-3-14(18)41-23(45)17-16(25(17,29)30)9-6-10(26(35,36)37)8-11(7-9)27(38,39)40/h1-8,16-17,21H,(H,41,45)(H,42,44)(H,43,46)/t16-,17+/m0/s1. The summed E-state index contributed by atoms with van der Waals surface area (Å²) in [4.78, 5) is 37.1. The maximum Gasteiger partial charge on any atom is 0.416 e. The van der Waals surface area contributed by atoms with Crippen LogP contribution in [0.25, 0.3) is 0 Å². The van der Waals surface area contributed by atoms with E-state index in [0.717, 1.165) is 18.2 Å². The summed E-state index contributed by atoms with van der Waals surface area (Å²) in [5.74, 6) is -10.5. The average Bonchev–Trinajstić information content (AvgIpc) is 3.53. The Bertz CT molecular complexity index is 1700. The fraction of sp³-hybridized carbons (Fsp3) is 0.222. The molecule has 246 valence electrons. The summed E-state index contributed by atoms with van der Waals surface area (Å²) in [6.07, 6.45) is -14.0. The normalized spacial score (nSPS) is 17.4. The monoisotopic (exact) mass is 723 g/mol. The first-order chi connectivity index (χ1) is 21.1. The Morgan fingerprint density at radius 2 is 1.39 bits per heavy atom. The van der Waals surface area contributed by atoms with Gasteiger partial charge in [-0.05, 0) is 48.0 Å². The molecule has 1 saturated carbocycles. The minimum Gasteiger partial charge on any atom is -0.324 e. The van der Waals surface area contributed by atoms with Crippen LogP contribution in [0.1, 0.15) is 33.0 Å². The molecule has 4 rings (SSSR count). The minimum atomic E-state index is -5.18. The Hall–Kier alpha value is -3.76. The van der Waals surface area contributed by atoms with Crippen LogP contribution in [0, 0.1) is 17.6 Å². The highest BCUT2D eigenvalue weighted by atomic mass is 35.5. The van der Waals surface area contributed by atoms with Gasteiger partial charge in [0.25, 0.3) is 11.8 Å². The zero-order valence-electron chi connectivity index (χ0n) is 22.0. The second kappa shape index (κ2) is 12.4. The largest absolute Gasteiger partial charge is 0.416 e. The van der Waals surface area contributed by atoms with E-state index < -0.39 is 103 Å². The number of hydrogen-bond donors (Lipinski definition) is 3. The number of anilines is 3. The number of rotatable bonds is 7. The maximum atomic E-state index is 14.8. The lowest BCUT2D eigenvalue weighted by Crippen LogP contribution is -2.22. The number of carbonyl (C=O) groups excluding carboxylic acids is 3. The van der Waals surface area contributed by atoms with Crippen molar-refractivity contribution in [3.05, 3.63) is 87.4 Å². The predicted octanol–water partition coefficient (Wildman–Crippen LogP) is 8.64. The summed E-state index contributed by atoms with van der Waals surface area (Å²) in [6, 6.07) is 5.27. The third-order valence-electron chi connectivity index (χ3n) is 6.59. The fourth-order valence-corrected chi connectivity index (χ4v) is 5.46. The number of amides is 3. The molecular formula is C27H14Cl3F10N3O3. The van der Waals surface area contributed by atoms with Crippen molar-refractivity contribution in [1.29, 1.82) is 0 Å². The fourth-order valence-electron chi connectivity index (χ4n) is 4.37. The smallest absolute Gasteiger partial charge is 0.324 e. The molecule has 0 bridgehead atoms. The van der Waals surface area contributed by atoms with Gasteiger partial charge < -0.3 is 16.0 Å². The Labute approximate surface area is 266 Å². The van der Waals surface area contributed by atoms with Crippen LogP contribution < -0.4 is 16.0 Å². The van der Waals surface area contributed by atoms with Crippen LogP contribution in [0.15, 0.2) is 48.5 Å². The molecule has 46 heavy (non-hydrogen) atoms. The van der Waals surface area contributed by atoms with Crippen molar-refractivity contribution in [2.75, 3.05) is 16.0 Å². The van der Waals surface area contributed by atoms with Gasteiger partial charge >= 0.3 is 18.8 Å². The van der Waals surface area contributed by atoms with Gasteiger partial charge in [-0.25, -0.2) is 8.78 Å². The first-order valence-corrected chi connectivity index (χ1v) is 13.4. The van der Waals surface area contributed by atoms with Gasteiger partial charge in [-0.2, -0.15) is 35.1 Å². The second-order valence-electron chi connectivity index (χ2n) is 9.65.